The van der Waals surface area contributed by atoms with Gasteiger partial charge < -0.3 is 4.90 Å². The van der Waals surface area contributed by atoms with Crippen molar-refractivity contribution in [3.8, 4) is 11.1 Å². The van der Waals surface area contributed by atoms with Crippen LogP contribution in [0.25, 0.3) is 21.3 Å². The Kier molecular flexibility index (Phi) is 5.31. The summed E-state index contributed by atoms with van der Waals surface area (Å²) < 4.78 is 1.45. The number of thiophene rings is 1. The molecule has 0 unspecified atom stereocenters. The predicted octanol–water partition coefficient (Wildman–Crippen LogP) is 4.16. The van der Waals surface area contributed by atoms with E-state index in [9.17, 15) is 9.59 Å². The molecule has 1 aliphatic rings. The van der Waals surface area contributed by atoms with Crippen LogP contribution in [-0.4, -0.2) is 33.4 Å². The van der Waals surface area contributed by atoms with Crippen LogP contribution in [0, 0.1) is 5.92 Å². The Morgan fingerprint density at radius 2 is 1.93 bits per heavy atom. The molecule has 4 rings (SSSR count). The summed E-state index contributed by atoms with van der Waals surface area (Å²) in [6.07, 6.45) is 5.90. The van der Waals surface area contributed by atoms with Crippen molar-refractivity contribution in [2.24, 2.45) is 5.92 Å². The van der Waals surface area contributed by atoms with Gasteiger partial charge in [-0.3, -0.25) is 14.2 Å². The molecule has 1 aromatic carbocycles. The number of nitrogens with zero attached hydrogens (tertiary/aromatic N) is 3. The number of benzene rings is 1. The van der Waals surface area contributed by atoms with Crippen LogP contribution in [0.15, 0.2) is 46.8 Å². The number of likely N-dealkylation sites (N-methyl/N-ethyl adjacent to an activating group) is 1. The van der Waals surface area contributed by atoms with E-state index in [0.717, 1.165) is 42.7 Å². The zero-order valence-corrected chi connectivity index (χ0v) is 17.1. The maximum Gasteiger partial charge on any atom is 0.263 e. The lowest BCUT2D eigenvalue weighted by Gasteiger charge is -2.33. The highest BCUT2D eigenvalue weighted by Gasteiger charge is 2.25. The van der Waals surface area contributed by atoms with Gasteiger partial charge in [-0.2, -0.15) is 0 Å². The van der Waals surface area contributed by atoms with Crippen LogP contribution in [0.3, 0.4) is 0 Å². The van der Waals surface area contributed by atoms with Gasteiger partial charge in [-0.25, -0.2) is 4.98 Å². The van der Waals surface area contributed by atoms with Gasteiger partial charge in [-0.1, -0.05) is 37.3 Å². The van der Waals surface area contributed by atoms with Crippen LogP contribution >= 0.6 is 11.3 Å². The maximum absolute atomic E-state index is 13.1. The first-order chi connectivity index (χ1) is 13.5. The molecule has 2 aromatic heterocycles. The molecule has 1 saturated carbocycles. The molecule has 0 bridgehead atoms. The molecular weight excluding hydrogens is 370 g/mol. The number of carbonyl (C=O) groups is 1. The molecule has 1 aliphatic carbocycles. The highest BCUT2D eigenvalue weighted by Crippen LogP contribution is 2.30. The van der Waals surface area contributed by atoms with Crippen molar-refractivity contribution in [3.05, 3.63) is 52.4 Å². The summed E-state index contributed by atoms with van der Waals surface area (Å²) in [6.45, 7) is 2.30. The lowest BCUT2D eigenvalue weighted by atomic mass is 9.87. The van der Waals surface area contributed by atoms with E-state index in [1.807, 2.05) is 47.7 Å². The zero-order valence-electron chi connectivity index (χ0n) is 16.3. The predicted molar refractivity (Wildman–Crippen MR) is 114 cm³/mol. The quantitative estimate of drug-likeness (QED) is 0.666. The first-order valence-corrected chi connectivity index (χ1v) is 10.7. The number of hydrogen-bond acceptors (Lipinski definition) is 4. The minimum absolute atomic E-state index is 0.0284. The van der Waals surface area contributed by atoms with Crippen molar-refractivity contribution >= 4 is 27.5 Å². The molecule has 3 aromatic rings. The molecule has 2 heterocycles. The Bertz CT molecular complexity index is 1030. The zero-order chi connectivity index (χ0) is 19.7. The number of hydrogen-bond donors (Lipinski definition) is 0. The summed E-state index contributed by atoms with van der Waals surface area (Å²) in [6, 6.07) is 10.1. The number of rotatable bonds is 4. The van der Waals surface area contributed by atoms with Crippen molar-refractivity contribution in [2.45, 2.75) is 45.2 Å². The van der Waals surface area contributed by atoms with Gasteiger partial charge in [0.2, 0.25) is 5.91 Å². The summed E-state index contributed by atoms with van der Waals surface area (Å²) in [5.74, 6) is 0.711. The van der Waals surface area contributed by atoms with E-state index in [-0.39, 0.29) is 24.1 Å². The molecule has 1 fully saturated rings. The fourth-order valence-corrected chi connectivity index (χ4v) is 4.91. The minimum atomic E-state index is -0.149. The molecule has 6 heteroatoms. The molecule has 28 heavy (non-hydrogen) atoms. The van der Waals surface area contributed by atoms with Crippen LogP contribution in [0.5, 0.6) is 0 Å². The van der Waals surface area contributed by atoms with Gasteiger partial charge in [0.1, 0.15) is 11.4 Å². The Labute approximate surface area is 168 Å². The SMILES string of the molecule is CC1CCC(N(C)C(=O)Cn2cnc3scc(-c4ccccc4)c3c2=O)CC1. The second kappa shape index (κ2) is 7.87. The minimum Gasteiger partial charge on any atom is -0.341 e. The van der Waals surface area contributed by atoms with E-state index in [4.69, 9.17) is 0 Å². The molecule has 0 atom stereocenters. The van der Waals surface area contributed by atoms with E-state index in [2.05, 4.69) is 11.9 Å². The van der Waals surface area contributed by atoms with Crippen molar-refractivity contribution in [3.63, 3.8) is 0 Å². The fraction of sp³-hybridized carbons (Fsp3) is 0.409. The Balaban J connectivity index is 1.60. The second-order valence-electron chi connectivity index (χ2n) is 7.79. The van der Waals surface area contributed by atoms with Crippen LogP contribution in [0.1, 0.15) is 32.6 Å². The lowest BCUT2D eigenvalue weighted by molar-refractivity contribution is -0.133. The number of aromatic nitrogens is 2. The number of fused-ring (bicyclic) bond motifs is 1. The highest BCUT2D eigenvalue weighted by molar-refractivity contribution is 7.17. The highest BCUT2D eigenvalue weighted by atomic mass is 32.1. The number of carbonyl (C=O) groups excluding carboxylic acids is 1. The Morgan fingerprint density at radius 1 is 1.21 bits per heavy atom. The monoisotopic (exact) mass is 395 g/mol. The summed E-state index contributed by atoms with van der Waals surface area (Å²) in [4.78, 5) is 32.9. The standard InChI is InChI=1S/C22H25N3O2S/c1-15-8-10-17(11-9-15)24(2)19(26)12-25-14-23-21-20(22(25)27)18(13-28-21)16-6-4-3-5-7-16/h3-7,13-15,17H,8-12H2,1-2H3. The van der Waals surface area contributed by atoms with E-state index in [1.165, 1.54) is 22.2 Å². The topological polar surface area (TPSA) is 55.2 Å². The van der Waals surface area contributed by atoms with Crippen LogP contribution in [-0.2, 0) is 11.3 Å². The normalized spacial score (nSPS) is 19.6. The van der Waals surface area contributed by atoms with Crippen molar-refractivity contribution in [1.29, 1.82) is 0 Å². The van der Waals surface area contributed by atoms with E-state index in [0.29, 0.717) is 10.2 Å². The molecule has 146 valence electrons. The summed E-state index contributed by atoms with van der Waals surface area (Å²) in [7, 11) is 1.86. The van der Waals surface area contributed by atoms with Crippen LogP contribution in [0.2, 0.25) is 0 Å². The third kappa shape index (κ3) is 3.61. The molecule has 5 nitrogen and oxygen atoms in total. The van der Waals surface area contributed by atoms with Gasteiger partial charge in [0.25, 0.3) is 5.56 Å². The van der Waals surface area contributed by atoms with Crippen molar-refractivity contribution < 1.29 is 4.79 Å². The van der Waals surface area contributed by atoms with Gasteiger partial charge in [-0.05, 0) is 37.2 Å². The summed E-state index contributed by atoms with van der Waals surface area (Å²) in [5, 5.41) is 2.57. The first-order valence-electron chi connectivity index (χ1n) is 9.82. The van der Waals surface area contributed by atoms with Gasteiger partial charge in [0.15, 0.2) is 0 Å². The average Bonchev–Trinajstić information content (AvgIpc) is 3.15. The molecule has 1 amide bonds. The van der Waals surface area contributed by atoms with Crippen molar-refractivity contribution in [1.82, 2.24) is 14.5 Å². The molecule has 0 N–H and O–H groups in total. The average molecular weight is 396 g/mol. The molecule has 0 saturated heterocycles. The fourth-order valence-electron chi connectivity index (χ4n) is 4.00. The Hall–Kier alpha value is -2.47. The van der Waals surface area contributed by atoms with E-state index >= 15 is 0 Å². The van der Waals surface area contributed by atoms with E-state index < -0.39 is 0 Å². The van der Waals surface area contributed by atoms with Crippen molar-refractivity contribution in [2.75, 3.05) is 7.05 Å². The second-order valence-corrected chi connectivity index (χ2v) is 8.65. The van der Waals surface area contributed by atoms with Gasteiger partial charge in [-0.15, -0.1) is 11.3 Å². The molecule has 0 spiro atoms. The van der Waals surface area contributed by atoms with Crippen LogP contribution in [0.4, 0.5) is 0 Å². The van der Waals surface area contributed by atoms with Gasteiger partial charge >= 0.3 is 0 Å². The summed E-state index contributed by atoms with van der Waals surface area (Å²) >= 11 is 1.46. The largest absolute Gasteiger partial charge is 0.341 e. The Morgan fingerprint density at radius 3 is 2.64 bits per heavy atom. The first kappa shape index (κ1) is 18.9. The lowest BCUT2D eigenvalue weighted by Crippen LogP contribution is -2.42. The third-order valence-electron chi connectivity index (χ3n) is 5.88. The maximum atomic E-state index is 13.1. The molecule has 0 radical (unpaired) electrons. The molecule has 0 aliphatic heterocycles. The van der Waals surface area contributed by atoms with Gasteiger partial charge in [0.05, 0.1) is 11.7 Å². The smallest absolute Gasteiger partial charge is 0.263 e. The van der Waals surface area contributed by atoms with E-state index in [1.54, 1.807) is 0 Å². The van der Waals surface area contributed by atoms with Gasteiger partial charge in [0, 0.05) is 24.0 Å². The van der Waals surface area contributed by atoms with Crippen LogP contribution < -0.4 is 5.56 Å². The summed E-state index contributed by atoms with van der Waals surface area (Å²) in [5.41, 5.74) is 1.73. The number of amides is 1. The molecular formula is C22H25N3O2S. The third-order valence-corrected chi connectivity index (χ3v) is 6.76.